The Morgan fingerprint density at radius 3 is 2.65 bits per heavy atom. The lowest BCUT2D eigenvalue weighted by molar-refractivity contribution is 0.0391. The summed E-state index contributed by atoms with van der Waals surface area (Å²) in [7, 11) is 0. The van der Waals surface area contributed by atoms with E-state index in [0.29, 0.717) is 23.4 Å². The van der Waals surface area contributed by atoms with Crippen molar-refractivity contribution in [3.05, 3.63) is 29.8 Å². The number of nitrogens with zero attached hydrogens (tertiary/aromatic N) is 1. The van der Waals surface area contributed by atoms with Crippen molar-refractivity contribution in [2.75, 3.05) is 6.54 Å². The third kappa shape index (κ3) is 2.07. The standard InChI is InChI=1S/C13H17NO2S/c1-13(2)11(15)7-8-14(13)12(16)9-5-3-4-6-10(9)17/h3-6,11,15,17H,7-8H2,1-2H3. The van der Waals surface area contributed by atoms with E-state index in [0.717, 1.165) is 0 Å². The van der Waals surface area contributed by atoms with Crippen molar-refractivity contribution in [2.24, 2.45) is 0 Å². The van der Waals surface area contributed by atoms with Crippen LogP contribution in [0.1, 0.15) is 30.6 Å². The highest BCUT2D eigenvalue weighted by Crippen LogP contribution is 2.31. The average Bonchev–Trinajstić information content (AvgIpc) is 2.54. The fourth-order valence-corrected chi connectivity index (χ4v) is 2.49. The topological polar surface area (TPSA) is 40.5 Å². The van der Waals surface area contributed by atoms with Gasteiger partial charge in [-0.25, -0.2) is 0 Å². The van der Waals surface area contributed by atoms with Crippen molar-refractivity contribution in [1.82, 2.24) is 4.90 Å². The summed E-state index contributed by atoms with van der Waals surface area (Å²) in [4.78, 5) is 14.8. The lowest BCUT2D eigenvalue weighted by Gasteiger charge is -2.34. The number of benzene rings is 1. The molecule has 1 aromatic carbocycles. The summed E-state index contributed by atoms with van der Waals surface area (Å²) in [6.07, 6.45) is 0.173. The van der Waals surface area contributed by atoms with Crippen molar-refractivity contribution >= 4 is 18.5 Å². The fourth-order valence-electron chi connectivity index (χ4n) is 2.24. The largest absolute Gasteiger partial charge is 0.391 e. The Bertz CT molecular complexity index is 445. The zero-order valence-electron chi connectivity index (χ0n) is 10.1. The first kappa shape index (κ1) is 12.5. The second-order valence-electron chi connectivity index (χ2n) is 4.93. The summed E-state index contributed by atoms with van der Waals surface area (Å²) in [6, 6.07) is 7.25. The molecule has 1 saturated heterocycles. The maximum absolute atomic E-state index is 12.4. The van der Waals surface area contributed by atoms with Crippen LogP contribution in [0.25, 0.3) is 0 Å². The molecule has 1 aliphatic rings. The van der Waals surface area contributed by atoms with E-state index in [1.54, 1.807) is 17.0 Å². The first-order valence-electron chi connectivity index (χ1n) is 5.72. The molecule has 0 saturated carbocycles. The molecule has 0 bridgehead atoms. The summed E-state index contributed by atoms with van der Waals surface area (Å²) < 4.78 is 0. The van der Waals surface area contributed by atoms with E-state index in [9.17, 15) is 9.90 Å². The molecule has 2 rings (SSSR count). The molecule has 0 spiro atoms. The van der Waals surface area contributed by atoms with Gasteiger partial charge < -0.3 is 10.0 Å². The van der Waals surface area contributed by atoms with Crippen LogP contribution in [0.2, 0.25) is 0 Å². The normalized spacial score (nSPS) is 22.8. The first-order valence-corrected chi connectivity index (χ1v) is 6.17. The highest BCUT2D eigenvalue weighted by atomic mass is 32.1. The Labute approximate surface area is 107 Å². The summed E-state index contributed by atoms with van der Waals surface area (Å²) in [5.41, 5.74) is 0.0886. The number of aliphatic hydroxyl groups is 1. The van der Waals surface area contributed by atoms with E-state index in [2.05, 4.69) is 12.6 Å². The van der Waals surface area contributed by atoms with Crippen molar-refractivity contribution in [1.29, 1.82) is 0 Å². The van der Waals surface area contributed by atoms with Crippen LogP contribution in [0.15, 0.2) is 29.2 Å². The predicted octanol–water partition coefficient (Wildman–Crippen LogP) is 1.96. The van der Waals surface area contributed by atoms with Crippen molar-refractivity contribution < 1.29 is 9.90 Å². The Morgan fingerprint density at radius 1 is 1.47 bits per heavy atom. The van der Waals surface area contributed by atoms with Crippen LogP contribution in [-0.4, -0.2) is 34.1 Å². The lowest BCUT2D eigenvalue weighted by atomic mass is 9.98. The van der Waals surface area contributed by atoms with Gasteiger partial charge in [-0.3, -0.25) is 4.79 Å². The lowest BCUT2D eigenvalue weighted by Crippen LogP contribution is -2.48. The number of carbonyl (C=O) groups is 1. The number of aliphatic hydroxyl groups excluding tert-OH is 1. The molecular weight excluding hydrogens is 234 g/mol. The molecule has 0 radical (unpaired) electrons. The summed E-state index contributed by atoms with van der Waals surface area (Å²) in [6.45, 7) is 4.38. The summed E-state index contributed by atoms with van der Waals surface area (Å²) in [5.74, 6) is -0.0582. The molecule has 1 N–H and O–H groups in total. The highest BCUT2D eigenvalue weighted by molar-refractivity contribution is 7.80. The molecule has 1 heterocycles. The molecule has 1 fully saturated rings. The van der Waals surface area contributed by atoms with E-state index in [1.807, 2.05) is 26.0 Å². The van der Waals surface area contributed by atoms with Crippen LogP contribution in [0.3, 0.4) is 0 Å². The molecule has 1 unspecified atom stereocenters. The maximum atomic E-state index is 12.4. The highest BCUT2D eigenvalue weighted by Gasteiger charge is 2.43. The number of hydrogen-bond acceptors (Lipinski definition) is 3. The minimum absolute atomic E-state index is 0.0582. The number of rotatable bonds is 1. The summed E-state index contributed by atoms with van der Waals surface area (Å²) >= 11 is 4.30. The van der Waals surface area contributed by atoms with Crippen LogP contribution in [0, 0.1) is 0 Å². The van der Waals surface area contributed by atoms with Gasteiger partial charge in [0.25, 0.3) is 5.91 Å². The monoisotopic (exact) mass is 251 g/mol. The van der Waals surface area contributed by atoms with Gasteiger partial charge in [0, 0.05) is 11.4 Å². The second kappa shape index (κ2) is 4.35. The molecular formula is C13H17NO2S. The Kier molecular flexibility index (Phi) is 3.19. The minimum Gasteiger partial charge on any atom is -0.391 e. The van der Waals surface area contributed by atoms with Crippen LogP contribution in [0.5, 0.6) is 0 Å². The molecule has 1 atom stereocenters. The summed E-state index contributed by atoms with van der Waals surface area (Å²) in [5, 5.41) is 9.88. The fraction of sp³-hybridized carbons (Fsp3) is 0.462. The van der Waals surface area contributed by atoms with Gasteiger partial charge in [0.05, 0.1) is 17.2 Å². The zero-order chi connectivity index (χ0) is 12.6. The number of amides is 1. The third-order valence-electron chi connectivity index (χ3n) is 3.52. The van der Waals surface area contributed by atoms with Gasteiger partial charge in [0.15, 0.2) is 0 Å². The number of thiol groups is 1. The van der Waals surface area contributed by atoms with Gasteiger partial charge in [-0.15, -0.1) is 12.6 Å². The third-order valence-corrected chi connectivity index (χ3v) is 3.91. The first-order chi connectivity index (χ1) is 7.94. The van der Waals surface area contributed by atoms with Gasteiger partial charge in [-0.1, -0.05) is 12.1 Å². The van der Waals surface area contributed by atoms with Gasteiger partial charge in [-0.05, 0) is 32.4 Å². The molecule has 4 heteroatoms. The van der Waals surface area contributed by atoms with E-state index < -0.39 is 11.6 Å². The van der Waals surface area contributed by atoms with E-state index in [1.165, 1.54) is 0 Å². The van der Waals surface area contributed by atoms with Crippen molar-refractivity contribution in [3.63, 3.8) is 0 Å². The predicted molar refractivity (Wildman–Crippen MR) is 69.4 cm³/mol. The van der Waals surface area contributed by atoms with Gasteiger partial charge >= 0.3 is 0 Å². The van der Waals surface area contributed by atoms with E-state index >= 15 is 0 Å². The molecule has 17 heavy (non-hydrogen) atoms. The molecule has 3 nitrogen and oxygen atoms in total. The van der Waals surface area contributed by atoms with Gasteiger partial charge in [-0.2, -0.15) is 0 Å². The Hall–Kier alpha value is -1.00. The van der Waals surface area contributed by atoms with Crippen LogP contribution in [0.4, 0.5) is 0 Å². The molecule has 1 amide bonds. The molecule has 1 aromatic rings. The van der Waals surface area contributed by atoms with Crippen LogP contribution in [-0.2, 0) is 0 Å². The molecule has 1 aliphatic heterocycles. The molecule has 92 valence electrons. The van der Waals surface area contributed by atoms with E-state index in [-0.39, 0.29) is 5.91 Å². The second-order valence-corrected chi connectivity index (χ2v) is 5.41. The van der Waals surface area contributed by atoms with Crippen molar-refractivity contribution in [2.45, 2.75) is 36.8 Å². The maximum Gasteiger partial charge on any atom is 0.255 e. The average molecular weight is 251 g/mol. The van der Waals surface area contributed by atoms with Gasteiger partial charge in [0.1, 0.15) is 0 Å². The smallest absolute Gasteiger partial charge is 0.255 e. The van der Waals surface area contributed by atoms with Crippen LogP contribution < -0.4 is 0 Å². The van der Waals surface area contributed by atoms with Crippen molar-refractivity contribution in [3.8, 4) is 0 Å². The SMILES string of the molecule is CC1(C)C(O)CCN1C(=O)c1ccccc1S. The molecule has 0 aliphatic carbocycles. The Balaban J connectivity index is 2.31. The molecule has 0 aromatic heterocycles. The van der Waals surface area contributed by atoms with Gasteiger partial charge in [0.2, 0.25) is 0 Å². The quantitative estimate of drug-likeness (QED) is 0.749. The Morgan fingerprint density at radius 2 is 2.12 bits per heavy atom. The minimum atomic E-state index is -0.507. The number of hydrogen-bond donors (Lipinski definition) is 2. The number of likely N-dealkylation sites (tertiary alicyclic amines) is 1. The number of carbonyl (C=O) groups excluding carboxylic acids is 1. The van der Waals surface area contributed by atoms with Crippen LogP contribution >= 0.6 is 12.6 Å². The zero-order valence-corrected chi connectivity index (χ0v) is 10.9. The van der Waals surface area contributed by atoms with E-state index in [4.69, 9.17) is 0 Å².